The molecule has 2 N–H and O–H groups in total. The van der Waals surface area contributed by atoms with Crippen molar-refractivity contribution in [2.24, 2.45) is 0 Å². The summed E-state index contributed by atoms with van der Waals surface area (Å²) in [4.78, 5) is 12.6. The van der Waals surface area contributed by atoms with Gasteiger partial charge in [-0.2, -0.15) is 0 Å². The van der Waals surface area contributed by atoms with E-state index in [0.29, 0.717) is 40.2 Å². The first-order valence-electron chi connectivity index (χ1n) is 9.68. The number of fused-ring (bicyclic) bond motifs is 1. The molecule has 2 atom stereocenters. The number of rotatable bonds is 7. The lowest BCUT2D eigenvalue weighted by Crippen LogP contribution is -2.49. The molecule has 1 saturated heterocycles. The number of imidazole rings is 1. The second-order valence-corrected chi connectivity index (χ2v) is 13.6. The zero-order chi connectivity index (χ0) is 19.8. The number of nitrogens with two attached hydrogens (primary N) is 1. The van der Waals surface area contributed by atoms with Crippen LogP contribution in [0.4, 0.5) is 5.82 Å². The van der Waals surface area contributed by atoms with E-state index in [4.69, 9.17) is 14.9 Å². The molecule has 0 spiro atoms. The van der Waals surface area contributed by atoms with Crippen molar-refractivity contribution in [2.75, 3.05) is 12.3 Å². The summed E-state index contributed by atoms with van der Waals surface area (Å²) in [5, 5.41) is 0. The lowest BCUT2D eigenvalue weighted by molar-refractivity contribution is -0.00415. The number of hydrogen-bond acceptors (Lipinski definition) is 6. The van der Waals surface area contributed by atoms with E-state index >= 15 is 0 Å². The van der Waals surface area contributed by atoms with Gasteiger partial charge in [0.1, 0.15) is 18.1 Å². The van der Waals surface area contributed by atoms with Crippen LogP contribution in [0.25, 0.3) is 11.2 Å². The van der Waals surface area contributed by atoms with E-state index in [1.165, 1.54) is 6.33 Å². The summed E-state index contributed by atoms with van der Waals surface area (Å²) >= 11 is 0. The topological polar surface area (TPSA) is 88.1 Å². The summed E-state index contributed by atoms with van der Waals surface area (Å²) in [5.41, 5.74) is 8.80. The molecule has 0 bridgehead atoms. The molecule has 2 aromatic rings. The number of aromatic nitrogens is 4. The van der Waals surface area contributed by atoms with Crippen LogP contribution >= 0.6 is 0 Å². The molecule has 1 unspecified atom stereocenters. The van der Waals surface area contributed by atoms with Crippen LogP contribution in [0.15, 0.2) is 12.7 Å². The molecule has 148 valence electrons. The Balaban J connectivity index is 1.70. The monoisotopic (exact) mass is 389 g/mol. The second kappa shape index (κ2) is 7.85. The SMILES string of the molecule is CC(C)[Si](OCC1[CH][CH][C@H](n2cnc3c(N)ncnc32)O1)(C(C)C)C(C)C. The van der Waals surface area contributed by atoms with Crippen LogP contribution in [0, 0.1) is 12.8 Å². The zero-order valence-electron chi connectivity index (χ0n) is 17.1. The van der Waals surface area contributed by atoms with Crippen molar-refractivity contribution < 1.29 is 9.16 Å². The Labute approximate surface area is 162 Å². The minimum Gasteiger partial charge on any atom is -0.413 e. The highest BCUT2D eigenvalue weighted by atomic mass is 28.4. The van der Waals surface area contributed by atoms with Crippen molar-refractivity contribution in [3.05, 3.63) is 25.5 Å². The largest absolute Gasteiger partial charge is 0.413 e. The van der Waals surface area contributed by atoms with Gasteiger partial charge in [0, 0.05) is 12.8 Å². The first-order chi connectivity index (χ1) is 12.8. The van der Waals surface area contributed by atoms with Crippen LogP contribution in [0.1, 0.15) is 47.8 Å². The van der Waals surface area contributed by atoms with E-state index in [-0.39, 0.29) is 12.3 Å². The Morgan fingerprint density at radius 1 is 1.07 bits per heavy atom. The van der Waals surface area contributed by atoms with E-state index in [0.717, 1.165) is 0 Å². The molecule has 1 fully saturated rings. The van der Waals surface area contributed by atoms with Gasteiger partial charge in [-0.25, -0.2) is 15.0 Å². The van der Waals surface area contributed by atoms with E-state index in [9.17, 15) is 0 Å². The Hall–Kier alpha value is -1.51. The van der Waals surface area contributed by atoms with Crippen molar-refractivity contribution in [2.45, 2.75) is 70.5 Å². The highest BCUT2D eigenvalue weighted by Crippen LogP contribution is 2.43. The predicted molar refractivity (Wildman–Crippen MR) is 109 cm³/mol. The Morgan fingerprint density at radius 2 is 1.74 bits per heavy atom. The number of nitrogens with zero attached hydrogens (tertiary/aromatic N) is 4. The molecule has 3 rings (SSSR count). The molecule has 1 aliphatic heterocycles. The molecule has 27 heavy (non-hydrogen) atoms. The van der Waals surface area contributed by atoms with Crippen molar-refractivity contribution in [3.8, 4) is 0 Å². The van der Waals surface area contributed by atoms with Gasteiger partial charge in [0.05, 0.1) is 19.0 Å². The summed E-state index contributed by atoms with van der Waals surface area (Å²) in [6.45, 7) is 14.3. The highest BCUT2D eigenvalue weighted by molar-refractivity contribution is 6.77. The molecule has 0 aliphatic carbocycles. The highest BCUT2D eigenvalue weighted by Gasteiger charge is 2.45. The van der Waals surface area contributed by atoms with Crippen LogP contribution in [0.5, 0.6) is 0 Å². The van der Waals surface area contributed by atoms with Gasteiger partial charge in [-0.3, -0.25) is 4.57 Å². The average molecular weight is 390 g/mol. The molecule has 1 aliphatic rings. The fraction of sp³-hybridized carbons (Fsp3) is 0.632. The summed E-state index contributed by atoms with van der Waals surface area (Å²) in [6, 6.07) is 0. The van der Waals surface area contributed by atoms with Crippen LogP contribution in [0.2, 0.25) is 16.6 Å². The zero-order valence-corrected chi connectivity index (χ0v) is 18.1. The number of ether oxygens (including phenoxy) is 1. The number of hydrogen-bond donors (Lipinski definition) is 1. The first-order valence-corrected chi connectivity index (χ1v) is 11.8. The van der Waals surface area contributed by atoms with Crippen molar-refractivity contribution in [3.63, 3.8) is 0 Å². The van der Waals surface area contributed by atoms with E-state index in [1.807, 2.05) is 11.0 Å². The lowest BCUT2D eigenvalue weighted by Gasteiger charge is -2.42. The molecular weight excluding hydrogens is 358 g/mol. The summed E-state index contributed by atoms with van der Waals surface area (Å²) < 4.78 is 14.7. The fourth-order valence-electron chi connectivity index (χ4n) is 4.52. The van der Waals surface area contributed by atoms with Gasteiger partial charge in [0.15, 0.2) is 19.8 Å². The van der Waals surface area contributed by atoms with Gasteiger partial charge in [0.2, 0.25) is 0 Å². The van der Waals surface area contributed by atoms with Crippen LogP contribution in [-0.4, -0.2) is 40.5 Å². The van der Waals surface area contributed by atoms with Gasteiger partial charge in [-0.1, -0.05) is 41.5 Å². The van der Waals surface area contributed by atoms with Crippen LogP contribution in [-0.2, 0) is 9.16 Å². The third kappa shape index (κ3) is 3.62. The van der Waals surface area contributed by atoms with Gasteiger partial charge < -0.3 is 14.9 Å². The summed E-state index contributed by atoms with van der Waals surface area (Å²) in [6.07, 6.45) is 6.91. The molecule has 2 aromatic heterocycles. The van der Waals surface area contributed by atoms with E-state index in [2.05, 4.69) is 62.9 Å². The molecule has 8 heteroatoms. The first kappa shape index (κ1) is 20.2. The number of nitrogen functional groups attached to an aromatic ring is 1. The predicted octanol–water partition coefficient (Wildman–Crippen LogP) is 3.91. The Kier molecular flexibility index (Phi) is 5.88. The average Bonchev–Trinajstić information content (AvgIpc) is 3.21. The quantitative estimate of drug-likeness (QED) is 0.722. The normalized spacial score (nSPS) is 21.2. The third-order valence-electron chi connectivity index (χ3n) is 5.67. The molecule has 0 saturated carbocycles. The van der Waals surface area contributed by atoms with Crippen molar-refractivity contribution in [1.82, 2.24) is 19.5 Å². The maximum absolute atomic E-state index is 6.66. The van der Waals surface area contributed by atoms with E-state index in [1.54, 1.807) is 6.33 Å². The molecule has 2 radical (unpaired) electrons. The van der Waals surface area contributed by atoms with E-state index < -0.39 is 8.32 Å². The fourth-order valence-corrected chi connectivity index (χ4v) is 9.98. The Bertz CT molecular complexity index is 755. The molecule has 0 amide bonds. The maximum Gasteiger partial charge on any atom is 0.200 e. The molecular formula is C19H31N5O2Si. The Morgan fingerprint density at radius 3 is 2.37 bits per heavy atom. The molecule has 0 aromatic carbocycles. The van der Waals surface area contributed by atoms with Gasteiger partial charge in [-0.05, 0) is 16.6 Å². The molecule has 7 nitrogen and oxygen atoms in total. The maximum atomic E-state index is 6.66. The number of anilines is 1. The van der Waals surface area contributed by atoms with Crippen LogP contribution < -0.4 is 5.73 Å². The summed E-state index contributed by atoms with van der Waals surface area (Å²) in [5.74, 6) is 0.377. The third-order valence-corrected chi connectivity index (χ3v) is 11.8. The smallest absolute Gasteiger partial charge is 0.200 e. The van der Waals surface area contributed by atoms with Crippen molar-refractivity contribution >= 4 is 25.3 Å². The minimum absolute atomic E-state index is 0.0743. The minimum atomic E-state index is -1.90. The van der Waals surface area contributed by atoms with Gasteiger partial charge in [-0.15, -0.1) is 0 Å². The van der Waals surface area contributed by atoms with Gasteiger partial charge in [0.25, 0.3) is 0 Å². The lowest BCUT2D eigenvalue weighted by atomic mass is 10.2. The molecule has 3 heterocycles. The second-order valence-electron chi connectivity index (χ2n) is 8.16. The van der Waals surface area contributed by atoms with Crippen molar-refractivity contribution in [1.29, 1.82) is 0 Å². The van der Waals surface area contributed by atoms with Crippen LogP contribution in [0.3, 0.4) is 0 Å². The van der Waals surface area contributed by atoms with Gasteiger partial charge >= 0.3 is 0 Å². The summed E-state index contributed by atoms with van der Waals surface area (Å²) in [7, 11) is -1.90. The standard InChI is InChI=1S/C19H31N5O2Si/c1-12(2)27(13(3)4,14(5)6)25-9-15-7-8-16(26-15)24-11-23-17-18(20)21-10-22-19(17)24/h7-8,10-16H,9H2,1-6H3,(H2,20,21,22)/t15?,16-/m1/s1.